The van der Waals surface area contributed by atoms with Crippen molar-refractivity contribution in [3.8, 4) is 5.69 Å². The minimum atomic E-state index is -0.360. The van der Waals surface area contributed by atoms with E-state index in [1.807, 2.05) is 42.1 Å². The fraction of sp³-hybridized carbons (Fsp3) is 0.375. The maximum Gasteiger partial charge on any atom is 0.251 e. The molecule has 6 heteroatoms. The van der Waals surface area contributed by atoms with Crippen LogP contribution in [0.2, 0.25) is 0 Å². The molecule has 0 aliphatic carbocycles. The third kappa shape index (κ3) is 4.11. The van der Waals surface area contributed by atoms with E-state index in [-0.39, 0.29) is 12.0 Å². The van der Waals surface area contributed by atoms with Crippen molar-refractivity contribution in [1.82, 2.24) is 14.9 Å². The first-order chi connectivity index (χ1) is 10.7. The summed E-state index contributed by atoms with van der Waals surface area (Å²) in [6.45, 7) is 2.39. The molecule has 1 amide bonds. The molecule has 22 heavy (non-hydrogen) atoms. The Morgan fingerprint density at radius 3 is 3.05 bits per heavy atom. The highest BCUT2D eigenvalue weighted by molar-refractivity contribution is 7.98. The Labute approximate surface area is 134 Å². The van der Waals surface area contributed by atoms with Crippen LogP contribution in [0.5, 0.6) is 0 Å². The molecule has 1 atom stereocenters. The number of nitrogens with zero attached hydrogens (tertiary/aromatic N) is 2. The second-order valence-corrected chi connectivity index (χ2v) is 5.71. The van der Waals surface area contributed by atoms with Crippen molar-refractivity contribution in [2.45, 2.75) is 31.0 Å². The monoisotopic (exact) mass is 319 g/mol. The average molecular weight is 319 g/mol. The summed E-state index contributed by atoms with van der Waals surface area (Å²) in [5, 5.41) is 13.2. The van der Waals surface area contributed by atoms with Gasteiger partial charge in [-0.2, -0.15) is 0 Å². The van der Waals surface area contributed by atoms with E-state index in [1.165, 1.54) is 0 Å². The van der Waals surface area contributed by atoms with Crippen LogP contribution in [0.4, 0.5) is 0 Å². The van der Waals surface area contributed by atoms with Crippen molar-refractivity contribution >= 4 is 17.7 Å². The summed E-state index contributed by atoms with van der Waals surface area (Å²) in [7, 11) is 0. The summed E-state index contributed by atoms with van der Waals surface area (Å²) in [4.78, 5) is 16.4. The Kier molecular flexibility index (Phi) is 6.03. The first-order valence-corrected chi connectivity index (χ1v) is 8.52. The molecule has 2 aromatic rings. The number of rotatable bonds is 7. The van der Waals surface area contributed by atoms with Crippen LogP contribution in [-0.4, -0.2) is 39.5 Å². The topological polar surface area (TPSA) is 67.2 Å². The highest BCUT2D eigenvalue weighted by Gasteiger charge is 2.09. The minimum Gasteiger partial charge on any atom is -0.393 e. The lowest BCUT2D eigenvalue weighted by molar-refractivity contribution is 0.0942. The van der Waals surface area contributed by atoms with Crippen molar-refractivity contribution in [2.75, 3.05) is 12.8 Å². The molecular formula is C16H21N3O2S. The van der Waals surface area contributed by atoms with Crippen LogP contribution in [0.15, 0.2) is 41.8 Å². The summed E-state index contributed by atoms with van der Waals surface area (Å²) < 4.78 is 1.95. The third-order valence-electron chi connectivity index (χ3n) is 3.41. The fourth-order valence-electron chi connectivity index (χ4n) is 2.09. The predicted molar refractivity (Wildman–Crippen MR) is 88.6 cm³/mol. The largest absolute Gasteiger partial charge is 0.393 e. The van der Waals surface area contributed by atoms with Crippen LogP contribution in [-0.2, 0) is 0 Å². The van der Waals surface area contributed by atoms with Gasteiger partial charge in [0.1, 0.15) is 0 Å². The number of aromatic nitrogens is 2. The van der Waals surface area contributed by atoms with E-state index >= 15 is 0 Å². The number of hydrogen-bond donors (Lipinski definition) is 2. The lowest BCUT2D eigenvalue weighted by atomic mass is 10.1. The van der Waals surface area contributed by atoms with Gasteiger partial charge in [-0.05, 0) is 37.3 Å². The van der Waals surface area contributed by atoms with Crippen molar-refractivity contribution in [3.05, 3.63) is 42.2 Å². The van der Waals surface area contributed by atoms with Gasteiger partial charge >= 0.3 is 0 Å². The van der Waals surface area contributed by atoms with Crippen LogP contribution in [0, 0.1) is 0 Å². The molecule has 0 aliphatic heterocycles. The number of amides is 1. The molecule has 0 saturated heterocycles. The van der Waals surface area contributed by atoms with Crippen LogP contribution in [0.3, 0.4) is 0 Å². The van der Waals surface area contributed by atoms with Crippen LogP contribution in [0.25, 0.3) is 5.69 Å². The molecule has 1 aromatic heterocycles. The number of imidazole rings is 1. The number of thioether (sulfide) groups is 1. The van der Waals surface area contributed by atoms with E-state index in [1.54, 1.807) is 24.0 Å². The highest BCUT2D eigenvalue weighted by Crippen LogP contribution is 2.18. The molecule has 1 unspecified atom stereocenters. The van der Waals surface area contributed by atoms with Gasteiger partial charge < -0.3 is 10.4 Å². The van der Waals surface area contributed by atoms with Crippen LogP contribution >= 0.6 is 11.8 Å². The van der Waals surface area contributed by atoms with Crippen molar-refractivity contribution in [1.29, 1.82) is 0 Å². The van der Waals surface area contributed by atoms with Gasteiger partial charge in [-0.1, -0.05) is 24.8 Å². The molecule has 5 nitrogen and oxygen atoms in total. The average Bonchev–Trinajstić information content (AvgIpc) is 3.03. The first kappa shape index (κ1) is 16.6. The van der Waals surface area contributed by atoms with Crippen LogP contribution in [0.1, 0.15) is 30.1 Å². The standard InChI is InChI=1S/C16H21N3O2S/c1-3-14(20)7-8-17-15(21)12-5-4-6-13(11-12)19-10-9-18-16(19)22-2/h4-6,9-11,14,20H,3,7-8H2,1-2H3,(H,17,21). The number of carbonyl (C=O) groups is 1. The highest BCUT2D eigenvalue weighted by atomic mass is 32.2. The van der Waals surface area contributed by atoms with E-state index in [9.17, 15) is 9.90 Å². The van der Waals surface area contributed by atoms with Gasteiger partial charge in [-0.25, -0.2) is 4.98 Å². The zero-order valence-electron chi connectivity index (χ0n) is 12.8. The predicted octanol–water partition coefficient (Wildman–Crippen LogP) is 2.49. The molecule has 0 bridgehead atoms. The van der Waals surface area contributed by atoms with E-state index in [0.717, 1.165) is 10.8 Å². The summed E-state index contributed by atoms with van der Waals surface area (Å²) in [6.07, 6.45) is 6.49. The quantitative estimate of drug-likeness (QED) is 0.770. The normalized spacial score (nSPS) is 12.1. The lowest BCUT2D eigenvalue weighted by Crippen LogP contribution is -2.27. The number of aliphatic hydroxyl groups is 1. The first-order valence-electron chi connectivity index (χ1n) is 7.29. The van der Waals surface area contributed by atoms with E-state index in [0.29, 0.717) is 24.9 Å². The third-order valence-corrected chi connectivity index (χ3v) is 4.08. The number of carbonyl (C=O) groups excluding carboxylic acids is 1. The Balaban J connectivity index is 2.06. The van der Waals surface area contributed by atoms with E-state index in [2.05, 4.69) is 10.3 Å². The van der Waals surface area contributed by atoms with Crippen molar-refractivity contribution < 1.29 is 9.90 Å². The summed E-state index contributed by atoms with van der Waals surface area (Å²) in [5.74, 6) is -0.129. The fourth-order valence-corrected chi connectivity index (χ4v) is 2.62. The molecule has 0 saturated carbocycles. The number of hydrogen-bond acceptors (Lipinski definition) is 4. The smallest absolute Gasteiger partial charge is 0.251 e. The number of nitrogens with one attached hydrogen (secondary N) is 1. The minimum absolute atomic E-state index is 0.129. The lowest BCUT2D eigenvalue weighted by Gasteiger charge is -2.10. The van der Waals surface area contributed by atoms with Crippen molar-refractivity contribution in [2.24, 2.45) is 0 Å². The summed E-state index contributed by atoms with van der Waals surface area (Å²) >= 11 is 1.55. The Morgan fingerprint density at radius 2 is 2.32 bits per heavy atom. The molecule has 0 radical (unpaired) electrons. The van der Waals surface area contributed by atoms with Gasteiger partial charge in [0.2, 0.25) is 0 Å². The molecule has 1 heterocycles. The second kappa shape index (κ2) is 8.00. The molecule has 118 valence electrons. The zero-order chi connectivity index (χ0) is 15.9. The molecule has 0 fully saturated rings. The summed E-state index contributed by atoms with van der Waals surface area (Å²) in [6, 6.07) is 7.42. The number of aliphatic hydroxyl groups excluding tert-OH is 1. The molecule has 1 aromatic carbocycles. The summed E-state index contributed by atoms with van der Waals surface area (Å²) in [5.41, 5.74) is 1.51. The zero-order valence-corrected chi connectivity index (χ0v) is 13.6. The van der Waals surface area contributed by atoms with Gasteiger partial charge in [0, 0.05) is 30.2 Å². The molecule has 0 spiro atoms. The maximum atomic E-state index is 12.2. The Bertz CT molecular complexity index is 627. The van der Waals surface area contributed by atoms with E-state index in [4.69, 9.17) is 0 Å². The SMILES string of the molecule is CCC(O)CCNC(=O)c1cccc(-n2ccnc2SC)c1. The Morgan fingerprint density at radius 1 is 1.50 bits per heavy atom. The van der Waals surface area contributed by atoms with Crippen molar-refractivity contribution in [3.63, 3.8) is 0 Å². The van der Waals surface area contributed by atoms with E-state index < -0.39 is 0 Å². The van der Waals surface area contributed by atoms with Gasteiger partial charge in [-0.15, -0.1) is 0 Å². The molecular weight excluding hydrogens is 298 g/mol. The van der Waals surface area contributed by atoms with Gasteiger partial charge in [-0.3, -0.25) is 9.36 Å². The van der Waals surface area contributed by atoms with Gasteiger partial charge in [0.25, 0.3) is 5.91 Å². The molecule has 2 N–H and O–H groups in total. The van der Waals surface area contributed by atoms with Crippen LogP contribution < -0.4 is 5.32 Å². The molecule has 0 aliphatic rings. The second-order valence-electron chi connectivity index (χ2n) is 4.94. The number of benzene rings is 1. The van der Waals surface area contributed by atoms with Gasteiger partial charge in [0.05, 0.1) is 6.10 Å². The Hall–Kier alpha value is -1.79. The van der Waals surface area contributed by atoms with Gasteiger partial charge in [0.15, 0.2) is 5.16 Å². The maximum absolute atomic E-state index is 12.2. The molecule has 2 rings (SSSR count).